The molecule has 19 heavy (non-hydrogen) atoms. The number of nitrogens with zero attached hydrogens (tertiary/aromatic N) is 1. The molecule has 0 aliphatic heterocycles. The zero-order chi connectivity index (χ0) is 13.8. The van der Waals surface area contributed by atoms with Crippen LogP contribution < -0.4 is 11.1 Å². The van der Waals surface area contributed by atoms with Crippen molar-refractivity contribution in [2.75, 3.05) is 25.5 Å². The second-order valence-corrected chi connectivity index (χ2v) is 5.06. The van der Waals surface area contributed by atoms with Crippen LogP contribution in [-0.2, 0) is 4.74 Å². The van der Waals surface area contributed by atoms with E-state index in [4.69, 9.17) is 10.5 Å². The highest BCUT2D eigenvalue weighted by Crippen LogP contribution is 2.37. The summed E-state index contributed by atoms with van der Waals surface area (Å²) in [7, 11) is 0. The number of nitrogens with one attached hydrogen (secondary N) is 1. The van der Waals surface area contributed by atoms with Crippen LogP contribution in [0.15, 0.2) is 24.4 Å². The van der Waals surface area contributed by atoms with Crippen LogP contribution in [0.1, 0.15) is 36.3 Å². The zero-order valence-electron chi connectivity index (χ0n) is 11.3. The number of hydrogen-bond donors (Lipinski definition) is 2. The summed E-state index contributed by atoms with van der Waals surface area (Å²) in [5.41, 5.74) is 8.00. The molecular weight excluding hydrogens is 242 g/mol. The van der Waals surface area contributed by atoms with Crippen LogP contribution in [0, 0.1) is 0 Å². The maximum atomic E-state index is 12.0. The lowest BCUT2D eigenvalue weighted by atomic mass is 10.3. The van der Waals surface area contributed by atoms with Gasteiger partial charge in [0.05, 0.1) is 18.9 Å². The molecule has 0 atom stereocenters. The second-order valence-electron chi connectivity index (χ2n) is 5.06. The van der Waals surface area contributed by atoms with Crippen molar-refractivity contribution < 1.29 is 9.53 Å². The number of amides is 1. The molecule has 1 aliphatic rings. The van der Waals surface area contributed by atoms with E-state index >= 15 is 0 Å². The first-order valence-corrected chi connectivity index (χ1v) is 6.55. The van der Waals surface area contributed by atoms with Crippen LogP contribution in [0.5, 0.6) is 0 Å². The number of anilines is 1. The average Bonchev–Trinajstić information content (AvgIpc) is 3.11. The molecule has 5 nitrogen and oxygen atoms in total. The maximum absolute atomic E-state index is 12.0. The first-order chi connectivity index (χ1) is 9.08. The van der Waals surface area contributed by atoms with E-state index in [0.29, 0.717) is 37.2 Å². The van der Waals surface area contributed by atoms with Crippen LogP contribution in [-0.4, -0.2) is 30.2 Å². The summed E-state index contributed by atoms with van der Waals surface area (Å²) < 4.78 is 7.30. The van der Waals surface area contributed by atoms with Gasteiger partial charge in [-0.2, -0.15) is 0 Å². The lowest BCUT2D eigenvalue weighted by Gasteiger charge is -2.09. The predicted molar refractivity (Wildman–Crippen MR) is 75.1 cm³/mol. The Kier molecular flexibility index (Phi) is 4.27. The van der Waals surface area contributed by atoms with Crippen molar-refractivity contribution in [1.82, 2.24) is 9.88 Å². The van der Waals surface area contributed by atoms with Crippen LogP contribution in [0.2, 0.25) is 0 Å². The summed E-state index contributed by atoms with van der Waals surface area (Å²) in [5.74, 6) is -0.0949. The first kappa shape index (κ1) is 13.7. The Bertz CT molecular complexity index is 475. The number of rotatable bonds is 7. The van der Waals surface area contributed by atoms with E-state index < -0.39 is 0 Å². The van der Waals surface area contributed by atoms with E-state index in [0.717, 1.165) is 18.4 Å². The fourth-order valence-corrected chi connectivity index (χ4v) is 1.91. The van der Waals surface area contributed by atoms with Gasteiger partial charge in [0.2, 0.25) is 0 Å². The number of nitrogens with two attached hydrogens (primary N) is 1. The summed E-state index contributed by atoms with van der Waals surface area (Å²) in [6, 6.07) is 2.17. The molecule has 1 heterocycles. The molecule has 1 aromatic heterocycles. The van der Waals surface area contributed by atoms with Crippen molar-refractivity contribution in [3.05, 3.63) is 30.1 Å². The molecule has 1 aromatic rings. The third kappa shape index (κ3) is 3.86. The van der Waals surface area contributed by atoms with E-state index in [2.05, 4.69) is 11.9 Å². The molecule has 1 aliphatic carbocycles. The van der Waals surface area contributed by atoms with Gasteiger partial charge >= 0.3 is 0 Å². The van der Waals surface area contributed by atoms with Crippen molar-refractivity contribution in [1.29, 1.82) is 0 Å². The van der Waals surface area contributed by atoms with Crippen molar-refractivity contribution in [3.63, 3.8) is 0 Å². The molecule has 104 valence electrons. The molecular formula is C14H21N3O2. The summed E-state index contributed by atoms with van der Waals surface area (Å²) in [5, 5.41) is 2.84. The van der Waals surface area contributed by atoms with E-state index in [1.807, 2.05) is 17.7 Å². The fourth-order valence-electron chi connectivity index (χ4n) is 1.91. The molecule has 5 heteroatoms. The molecule has 1 fully saturated rings. The largest absolute Gasteiger partial charge is 0.397 e. The smallest absolute Gasteiger partial charge is 0.268 e. The van der Waals surface area contributed by atoms with Gasteiger partial charge in [-0.25, -0.2) is 0 Å². The number of hydrogen-bond acceptors (Lipinski definition) is 3. The van der Waals surface area contributed by atoms with Gasteiger partial charge in [0.15, 0.2) is 0 Å². The predicted octanol–water partition coefficient (Wildman–Crippen LogP) is 1.73. The molecule has 0 radical (unpaired) electrons. The normalized spacial score (nSPS) is 14.4. The van der Waals surface area contributed by atoms with Crippen molar-refractivity contribution in [2.45, 2.75) is 25.8 Å². The Morgan fingerprint density at radius 2 is 2.37 bits per heavy atom. The van der Waals surface area contributed by atoms with Gasteiger partial charge in [-0.05, 0) is 25.8 Å². The molecule has 0 unspecified atom stereocenters. The van der Waals surface area contributed by atoms with Crippen LogP contribution in [0.25, 0.3) is 0 Å². The van der Waals surface area contributed by atoms with Gasteiger partial charge in [0, 0.05) is 18.8 Å². The minimum atomic E-state index is -0.0949. The molecule has 0 saturated heterocycles. The van der Waals surface area contributed by atoms with Gasteiger partial charge in [-0.3, -0.25) is 4.79 Å². The SMILES string of the molecule is C=C(C)COCCNC(=O)c1cc(N)cn1C1CC1. The topological polar surface area (TPSA) is 69.3 Å². The molecule has 0 aromatic carbocycles. The highest BCUT2D eigenvalue weighted by Gasteiger charge is 2.27. The minimum Gasteiger partial charge on any atom is -0.397 e. The van der Waals surface area contributed by atoms with Crippen LogP contribution >= 0.6 is 0 Å². The first-order valence-electron chi connectivity index (χ1n) is 6.55. The van der Waals surface area contributed by atoms with E-state index in [1.54, 1.807) is 6.07 Å². The van der Waals surface area contributed by atoms with Gasteiger partial charge in [-0.15, -0.1) is 0 Å². The molecule has 0 spiro atoms. The van der Waals surface area contributed by atoms with Gasteiger partial charge < -0.3 is 20.4 Å². The quantitative estimate of drug-likeness (QED) is 0.581. The summed E-state index contributed by atoms with van der Waals surface area (Å²) in [4.78, 5) is 12.0. The van der Waals surface area contributed by atoms with Gasteiger partial charge in [0.1, 0.15) is 5.69 Å². The Hall–Kier alpha value is -1.75. The summed E-state index contributed by atoms with van der Waals surface area (Å²) >= 11 is 0. The number of ether oxygens (including phenoxy) is 1. The third-order valence-electron chi connectivity index (χ3n) is 2.92. The van der Waals surface area contributed by atoms with Crippen LogP contribution in [0.3, 0.4) is 0 Å². The Morgan fingerprint density at radius 1 is 1.63 bits per heavy atom. The van der Waals surface area contributed by atoms with E-state index in [1.165, 1.54) is 0 Å². The highest BCUT2D eigenvalue weighted by atomic mass is 16.5. The van der Waals surface area contributed by atoms with E-state index in [-0.39, 0.29) is 5.91 Å². The van der Waals surface area contributed by atoms with Crippen molar-refractivity contribution >= 4 is 11.6 Å². The number of carbonyl (C=O) groups excluding carboxylic acids is 1. The van der Waals surface area contributed by atoms with Crippen molar-refractivity contribution in [2.24, 2.45) is 0 Å². The second kappa shape index (κ2) is 5.93. The highest BCUT2D eigenvalue weighted by molar-refractivity contribution is 5.93. The van der Waals surface area contributed by atoms with Gasteiger partial charge in [-0.1, -0.05) is 12.2 Å². The lowest BCUT2D eigenvalue weighted by molar-refractivity contribution is 0.0917. The molecule has 0 bridgehead atoms. The molecule has 1 amide bonds. The Labute approximate surface area is 113 Å². The number of carbonyl (C=O) groups is 1. The standard InChI is InChI=1S/C14H21N3O2/c1-10(2)9-19-6-5-16-14(18)13-7-11(15)8-17(13)12-3-4-12/h7-8,12H,1,3-6,9,15H2,2H3,(H,16,18). The summed E-state index contributed by atoms with van der Waals surface area (Å²) in [6.45, 7) is 7.15. The summed E-state index contributed by atoms with van der Waals surface area (Å²) in [6.07, 6.45) is 4.08. The molecule has 3 N–H and O–H groups in total. The maximum Gasteiger partial charge on any atom is 0.268 e. The van der Waals surface area contributed by atoms with E-state index in [9.17, 15) is 4.79 Å². The lowest BCUT2D eigenvalue weighted by Crippen LogP contribution is -2.29. The van der Waals surface area contributed by atoms with Crippen molar-refractivity contribution in [3.8, 4) is 0 Å². The minimum absolute atomic E-state index is 0.0949. The third-order valence-corrected chi connectivity index (χ3v) is 2.92. The molecule has 2 rings (SSSR count). The number of aromatic nitrogens is 1. The average molecular weight is 263 g/mol. The van der Waals surface area contributed by atoms with Gasteiger partial charge in [0.25, 0.3) is 5.91 Å². The zero-order valence-corrected chi connectivity index (χ0v) is 11.3. The fraction of sp³-hybridized carbons (Fsp3) is 0.500. The Morgan fingerprint density at radius 3 is 3.00 bits per heavy atom. The van der Waals surface area contributed by atoms with Crippen LogP contribution in [0.4, 0.5) is 5.69 Å². The monoisotopic (exact) mass is 263 g/mol. The Balaban J connectivity index is 1.81. The number of nitrogen functional groups attached to an aromatic ring is 1. The molecule has 1 saturated carbocycles.